The maximum Gasteiger partial charge on any atom is 0.224 e. The Bertz CT molecular complexity index is 625. The molecule has 6 heteroatoms. The topological polar surface area (TPSA) is 66.5 Å². The minimum Gasteiger partial charge on any atom is -0.349 e. The number of likely N-dealkylation sites (tertiary alicyclic amines) is 1. The van der Waals surface area contributed by atoms with Gasteiger partial charge in [-0.15, -0.1) is 0 Å². The van der Waals surface area contributed by atoms with Crippen LogP contribution in [0.3, 0.4) is 0 Å². The van der Waals surface area contributed by atoms with Crippen LogP contribution in [0.15, 0.2) is 29.2 Å². The number of sulfone groups is 1. The second-order valence-electron chi connectivity index (χ2n) is 6.17. The van der Waals surface area contributed by atoms with Crippen LogP contribution in [0.5, 0.6) is 0 Å². The zero-order valence-electron chi connectivity index (χ0n) is 13.4. The van der Waals surface area contributed by atoms with E-state index in [4.69, 9.17) is 0 Å². The van der Waals surface area contributed by atoms with Crippen LogP contribution < -0.4 is 5.32 Å². The SMILES string of the molecule is CC(NC(=O)C1CCCN(C)C1)c1ccc(S(C)(=O)=O)cc1. The van der Waals surface area contributed by atoms with Crippen molar-refractivity contribution in [2.24, 2.45) is 5.92 Å². The fraction of sp³-hybridized carbons (Fsp3) is 0.562. The van der Waals surface area contributed by atoms with Crippen molar-refractivity contribution in [3.8, 4) is 0 Å². The molecule has 1 aromatic rings. The molecule has 2 atom stereocenters. The average Bonchev–Trinajstić information content (AvgIpc) is 2.46. The van der Waals surface area contributed by atoms with Gasteiger partial charge in [0.2, 0.25) is 5.91 Å². The first-order valence-electron chi connectivity index (χ1n) is 7.56. The monoisotopic (exact) mass is 324 g/mol. The fourth-order valence-corrected chi connectivity index (χ4v) is 3.43. The molecule has 0 bridgehead atoms. The van der Waals surface area contributed by atoms with Crippen molar-refractivity contribution in [3.63, 3.8) is 0 Å². The number of carbonyl (C=O) groups excluding carboxylic acids is 1. The summed E-state index contributed by atoms with van der Waals surface area (Å²) in [6.07, 6.45) is 3.16. The van der Waals surface area contributed by atoms with E-state index in [0.29, 0.717) is 4.90 Å². The maximum atomic E-state index is 12.3. The standard InChI is InChI=1S/C16H24N2O3S/c1-12(13-6-8-15(9-7-13)22(3,20)21)17-16(19)14-5-4-10-18(2)11-14/h6-9,12,14H,4-5,10-11H2,1-3H3,(H,17,19). The number of nitrogens with zero attached hydrogens (tertiary/aromatic N) is 1. The Hall–Kier alpha value is -1.40. The van der Waals surface area contributed by atoms with Crippen molar-refractivity contribution in [1.82, 2.24) is 10.2 Å². The highest BCUT2D eigenvalue weighted by atomic mass is 32.2. The van der Waals surface area contributed by atoms with E-state index in [9.17, 15) is 13.2 Å². The van der Waals surface area contributed by atoms with Crippen molar-refractivity contribution in [3.05, 3.63) is 29.8 Å². The van der Waals surface area contributed by atoms with E-state index in [1.54, 1.807) is 24.3 Å². The number of benzene rings is 1. The predicted molar refractivity (Wildman–Crippen MR) is 86.3 cm³/mol. The molecule has 1 aliphatic heterocycles. The van der Waals surface area contributed by atoms with Gasteiger partial charge < -0.3 is 10.2 Å². The van der Waals surface area contributed by atoms with Gasteiger partial charge in [0.25, 0.3) is 0 Å². The van der Waals surface area contributed by atoms with Crippen LogP contribution in [0, 0.1) is 5.92 Å². The molecule has 1 N–H and O–H groups in total. The van der Waals surface area contributed by atoms with E-state index in [1.807, 2.05) is 14.0 Å². The smallest absolute Gasteiger partial charge is 0.224 e. The summed E-state index contributed by atoms with van der Waals surface area (Å²) in [5, 5.41) is 3.03. The number of nitrogens with one attached hydrogen (secondary N) is 1. The van der Waals surface area contributed by atoms with Gasteiger partial charge in [0, 0.05) is 12.8 Å². The van der Waals surface area contributed by atoms with E-state index < -0.39 is 9.84 Å². The molecule has 1 fully saturated rings. The molecule has 5 nitrogen and oxygen atoms in total. The summed E-state index contributed by atoms with van der Waals surface area (Å²) in [6, 6.07) is 6.56. The zero-order chi connectivity index (χ0) is 16.3. The first kappa shape index (κ1) is 17.0. The molecule has 2 unspecified atom stereocenters. The largest absolute Gasteiger partial charge is 0.349 e. The van der Waals surface area contributed by atoms with E-state index in [1.165, 1.54) is 6.26 Å². The highest BCUT2D eigenvalue weighted by Crippen LogP contribution is 2.19. The molecule has 0 spiro atoms. The highest BCUT2D eigenvalue weighted by Gasteiger charge is 2.25. The Morgan fingerprint density at radius 2 is 1.95 bits per heavy atom. The van der Waals surface area contributed by atoms with E-state index >= 15 is 0 Å². The molecule has 0 saturated carbocycles. The molecule has 122 valence electrons. The minimum absolute atomic E-state index is 0.0384. The Balaban J connectivity index is 1.99. The van der Waals surface area contributed by atoms with Gasteiger partial charge in [-0.2, -0.15) is 0 Å². The van der Waals surface area contributed by atoms with E-state index in [2.05, 4.69) is 10.2 Å². The third kappa shape index (κ3) is 4.30. The summed E-state index contributed by atoms with van der Waals surface area (Å²) < 4.78 is 22.9. The molecule has 0 aromatic heterocycles. The molecule has 0 aliphatic carbocycles. The number of rotatable bonds is 4. The van der Waals surface area contributed by atoms with Gasteiger partial charge in [0.15, 0.2) is 9.84 Å². The average molecular weight is 324 g/mol. The number of carbonyl (C=O) groups is 1. The van der Waals surface area contributed by atoms with Crippen LogP contribution in [0.2, 0.25) is 0 Å². The second kappa shape index (κ2) is 6.79. The third-order valence-electron chi connectivity index (χ3n) is 4.16. The number of piperidine rings is 1. The van der Waals surface area contributed by atoms with Crippen LogP contribution in [0.1, 0.15) is 31.4 Å². The summed E-state index contributed by atoms with van der Waals surface area (Å²) in [5.41, 5.74) is 0.907. The van der Waals surface area contributed by atoms with Crippen LogP contribution in [0.25, 0.3) is 0 Å². The van der Waals surface area contributed by atoms with Crippen molar-refractivity contribution in [1.29, 1.82) is 0 Å². The molecule has 1 amide bonds. The van der Waals surface area contributed by atoms with Gasteiger partial charge in [0.05, 0.1) is 16.9 Å². The maximum absolute atomic E-state index is 12.3. The normalized spacial score (nSPS) is 21.3. The summed E-state index contributed by atoms with van der Waals surface area (Å²) in [4.78, 5) is 14.8. The van der Waals surface area contributed by atoms with Crippen molar-refractivity contribution >= 4 is 15.7 Å². The summed E-state index contributed by atoms with van der Waals surface area (Å²) in [7, 11) is -1.15. The molecule has 2 rings (SSSR count). The lowest BCUT2D eigenvalue weighted by Crippen LogP contribution is -2.42. The van der Waals surface area contributed by atoms with Crippen molar-refractivity contribution in [2.75, 3.05) is 26.4 Å². The lowest BCUT2D eigenvalue weighted by Gasteiger charge is -2.29. The molecule has 1 saturated heterocycles. The molecule has 1 aromatic carbocycles. The Kier molecular flexibility index (Phi) is 5.24. The fourth-order valence-electron chi connectivity index (χ4n) is 2.80. The zero-order valence-corrected chi connectivity index (χ0v) is 14.2. The summed E-state index contributed by atoms with van der Waals surface area (Å²) in [5.74, 6) is 0.114. The molecule has 22 heavy (non-hydrogen) atoms. The second-order valence-corrected chi connectivity index (χ2v) is 8.19. The van der Waals surface area contributed by atoms with Gasteiger partial charge in [-0.1, -0.05) is 12.1 Å². The Morgan fingerprint density at radius 3 is 2.50 bits per heavy atom. The van der Waals surface area contributed by atoms with E-state index in [-0.39, 0.29) is 17.9 Å². The summed E-state index contributed by atoms with van der Waals surface area (Å²) in [6.45, 7) is 3.76. The number of amides is 1. The molecule has 0 radical (unpaired) electrons. The van der Waals surface area contributed by atoms with Gasteiger partial charge in [-0.3, -0.25) is 4.79 Å². The van der Waals surface area contributed by atoms with Crippen LogP contribution in [0.4, 0.5) is 0 Å². The van der Waals surface area contributed by atoms with E-state index in [0.717, 1.165) is 31.5 Å². The van der Waals surface area contributed by atoms with Gasteiger partial charge >= 0.3 is 0 Å². The summed E-state index contributed by atoms with van der Waals surface area (Å²) >= 11 is 0. The van der Waals surface area contributed by atoms with Gasteiger partial charge in [-0.25, -0.2) is 8.42 Å². The Morgan fingerprint density at radius 1 is 1.32 bits per heavy atom. The lowest BCUT2D eigenvalue weighted by molar-refractivity contribution is -0.127. The van der Waals surface area contributed by atoms with Crippen LogP contribution >= 0.6 is 0 Å². The van der Waals surface area contributed by atoms with Gasteiger partial charge in [-0.05, 0) is 51.1 Å². The quantitative estimate of drug-likeness (QED) is 0.914. The first-order valence-corrected chi connectivity index (χ1v) is 9.45. The van der Waals surface area contributed by atoms with Crippen LogP contribution in [-0.2, 0) is 14.6 Å². The van der Waals surface area contributed by atoms with Crippen molar-refractivity contribution in [2.45, 2.75) is 30.7 Å². The number of hydrogen-bond acceptors (Lipinski definition) is 4. The molecule has 1 heterocycles. The molecule has 1 aliphatic rings. The van der Waals surface area contributed by atoms with Crippen LogP contribution in [-0.4, -0.2) is 45.6 Å². The number of hydrogen-bond donors (Lipinski definition) is 1. The third-order valence-corrected chi connectivity index (χ3v) is 5.29. The minimum atomic E-state index is -3.18. The highest BCUT2D eigenvalue weighted by molar-refractivity contribution is 7.90. The molecular formula is C16H24N2O3S. The lowest BCUT2D eigenvalue weighted by atomic mass is 9.97. The first-order chi connectivity index (χ1) is 10.3. The Labute approximate surface area is 132 Å². The van der Waals surface area contributed by atoms with Crippen molar-refractivity contribution < 1.29 is 13.2 Å². The van der Waals surface area contributed by atoms with Gasteiger partial charge in [0.1, 0.15) is 0 Å². The molecular weight excluding hydrogens is 300 g/mol. The predicted octanol–water partition coefficient (Wildman–Crippen LogP) is 1.61.